The van der Waals surface area contributed by atoms with Crippen molar-refractivity contribution < 1.29 is 22.9 Å². The van der Waals surface area contributed by atoms with Crippen molar-refractivity contribution in [2.24, 2.45) is 0 Å². The van der Waals surface area contributed by atoms with Gasteiger partial charge in [0.15, 0.2) is 22.5 Å². The number of nitrogens with one attached hydrogen (secondary N) is 1. The van der Waals surface area contributed by atoms with Gasteiger partial charge in [-0.1, -0.05) is 5.16 Å². The van der Waals surface area contributed by atoms with Gasteiger partial charge in [-0.15, -0.1) is 11.3 Å². The smallest absolute Gasteiger partial charge is 0.238 e. The van der Waals surface area contributed by atoms with Gasteiger partial charge in [0, 0.05) is 23.8 Å². The summed E-state index contributed by atoms with van der Waals surface area (Å²) in [5, 5.41) is 8.69. The summed E-state index contributed by atoms with van der Waals surface area (Å²) >= 11 is 1.25. The van der Waals surface area contributed by atoms with Crippen LogP contribution in [0.15, 0.2) is 50.9 Å². The van der Waals surface area contributed by atoms with Crippen molar-refractivity contribution in [2.75, 3.05) is 12.4 Å². The number of methoxy groups -OCH3 is 1. The van der Waals surface area contributed by atoms with Gasteiger partial charge in [-0.3, -0.25) is 4.79 Å². The van der Waals surface area contributed by atoms with Crippen LogP contribution in [0, 0.1) is 5.82 Å². The third-order valence-electron chi connectivity index (χ3n) is 3.97. The summed E-state index contributed by atoms with van der Waals surface area (Å²) in [5.74, 6) is 0.604. The second-order valence-corrected chi connectivity index (χ2v) is 6.78. The van der Waals surface area contributed by atoms with Crippen molar-refractivity contribution in [1.29, 1.82) is 0 Å². The molecule has 3 aromatic heterocycles. The van der Waals surface area contributed by atoms with Crippen LogP contribution in [0.5, 0.6) is 5.75 Å². The number of hydrogen-bond acceptors (Lipinski definition) is 8. The molecule has 0 aliphatic carbocycles. The topological polar surface area (TPSA) is 103 Å². The number of anilines is 1. The predicted octanol–water partition coefficient (Wildman–Crippen LogP) is 4.17. The molecule has 0 bridgehead atoms. The fraction of sp³-hybridized carbons (Fsp3) is 0.158. The zero-order valence-corrected chi connectivity index (χ0v) is 16.0. The van der Waals surface area contributed by atoms with Gasteiger partial charge in [-0.05, 0) is 30.3 Å². The summed E-state index contributed by atoms with van der Waals surface area (Å²) in [6.45, 7) is 0. The number of carbonyl (C=O) groups excluding carboxylic acids is 1. The van der Waals surface area contributed by atoms with Gasteiger partial charge in [-0.25, -0.2) is 9.37 Å². The van der Waals surface area contributed by atoms with Crippen LogP contribution in [-0.4, -0.2) is 28.1 Å². The van der Waals surface area contributed by atoms with E-state index in [0.29, 0.717) is 33.9 Å². The first-order valence-corrected chi connectivity index (χ1v) is 9.46. The van der Waals surface area contributed by atoms with E-state index in [2.05, 4.69) is 20.4 Å². The summed E-state index contributed by atoms with van der Waals surface area (Å²) in [6, 6.07) is 8.02. The maximum atomic E-state index is 13.9. The first-order valence-electron chi connectivity index (χ1n) is 8.58. The Morgan fingerprint density at radius 1 is 1.31 bits per heavy atom. The molecule has 0 atom stereocenters. The molecule has 4 rings (SSSR count). The van der Waals surface area contributed by atoms with Gasteiger partial charge >= 0.3 is 0 Å². The normalized spacial score (nSPS) is 10.8. The highest BCUT2D eigenvalue weighted by Gasteiger charge is 2.14. The molecule has 3 heterocycles. The number of thiazole rings is 1. The Balaban J connectivity index is 1.34. The van der Waals surface area contributed by atoms with E-state index in [4.69, 9.17) is 13.7 Å². The molecule has 8 nitrogen and oxygen atoms in total. The number of hydrogen-bond donors (Lipinski definition) is 1. The van der Waals surface area contributed by atoms with Crippen LogP contribution in [0.25, 0.3) is 22.8 Å². The van der Waals surface area contributed by atoms with Crippen LogP contribution in [0.1, 0.15) is 12.3 Å². The molecule has 0 aliphatic rings. The molecule has 0 saturated carbocycles. The number of furan rings is 1. The van der Waals surface area contributed by atoms with E-state index in [1.165, 1.54) is 36.8 Å². The summed E-state index contributed by atoms with van der Waals surface area (Å²) in [7, 11) is 1.40. The Hall–Kier alpha value is -3.53. The van der Waals surface area contributed by atoms with Gasteiger partial charge in [-0.2, -0.15) is 4.98 Å². The molecule has 1 aromatic carbocycles. The zero-order valence-electron chi connectivity index (χ0n) is 15.2. The molecule has 0 unspecified atom stereocenters. The van der Waals surface area contributed by atoms with E-state index in [1.807, 2.05) is 0 Å². The molecule has 0 radical (unpaired) electrons. The van der Waals surface area contributed by atoms with Crippen LogP contribution in [0.2, 0.25) is 0 Å². The van der Waals surface area contributed by atoms with Gasteiger partial charge in [0.05, 0.1) is 19.1 Å². The third kappa shape index (κ3) is 4.32. The molecule has 10 heteroatoms. The fourth-order valence-corrected chi connectivity index (χ4v) is 3.29. The summed E-state index contributed by atoms with van der Waals surface area (Å²) in [4.78, 5) is 20.7. The van der Waals surface area contributed by atoms with Crippen LogP contribution >= 0.6 is 11.3 Å². The zero-order chi connectivity index (χ0) is 20.2. The van der Waals surface area contributed by atoms with E-state index in [1.54, 1.807) is 23.6 Å². The van der Waals surface area contributed by atoms with Crippen LogP contribution in [-0.2, 0) is 11.2 Å². The Morgan fingerprint density at radius 2 is 2.21 bits per heavy atom. The molecule has 148 valence electrons. The Morgan fingerprint density at radius 3 is 2.97 bits per heavy atom. The number of aromatic nitrogens is 3. The molecular weight excluding hydrogens is 399 g/mol. The maximum absolute atomic E-state index is 13.9. The minimum Gasteiger partial charge on any atom is -0.494 e. The fourth-order valence-electron chi connectivity index (χ4n) is 2.55. The minimum atomic E-state index is -0.475. The number of amides is 1. The lowest BCUT2D eigenvalue weighted by Gasteiger charge is -2.03. The van der Waals surface area contributed by atoms with E-state index < -0.39 is 5.82 Å². The number of halogens is 1. The van der Waals surface area contributed by atoms with E-state index >= 15 is 0 Å². The second-order valence-electron chi connectivity index (χ2n) is 5.92. The number of nitrogens with zero attached hydrogens (tertiary/aromatic N) is 3. The van der Waals surface area contributed by atoms with Crippen molar-refractivity contribution in [3.63, 3.8) is 0 Å². The van der Waals surface area contributed by atoms with Crippen molar-refractivity contribution in [3.8, 4) is 28.6 Å². The lowest BCUT2D eigenvalue weighted by atomic mass is 10.1. The summed E-state index contributed by atoms with van der Waals surface area (Å²) in [6.07, 6.45) is 1.94. The number of carbonyl (C=O) groups is 1. The molecule has 1 N–H and O–H groups in total. The lowest BCUT2D eigenvalue weighted by Crippen LogP contribution is -2.12. The van der Waals surface area contributed by atoms with Crippen LogP contribution < -0.4 is 10.1 Å². The van der Waals surface area contributed by atoms with Crippen molar-refractivity contribution in [3.05, 3.63) is 53.7 Å². The molecule has 0 aliphatic heterocycles. The first-order chi connectivity index (χ1) is 14.1. The maximum Gasteiger partial charge on any atom is 0.238 e. The van der Waals surface area contributed by atoms with E-state index in [-0.39, 0.29) is 24.5 Å². The lowest BCUT2D eigenvalue weighted by molar-refractivity contribution is -0.116. The highest BCUT2D eigenvalue weighted by molar-refractivity contribution is 7.14. The number of rotatable bonds is 7. The summed E-state index contributed by atoms with van der Waals surface area (Å²) in [5.41, 5.74) is 1.16. The van der Waals surface area contributed by atoms with E-state index in [0.717, 1.165) is 0 Å². The van der Waals surface area contributed by atoms with Crippen LogP contribution in [0.4, 0.5) is 9.52 Å². The Labute approximate surface area is 168 Å². The van der Waals surface area contributed by atoms with Crippen molar-refractivity contribution in [2.45, 2.75) is 12.8 Å². The molecule has 4 aromatic rings. The Kier molecular flexibility index (Phi) is 5.34. The monoisotopic (exact) mass is 414 g/mol. The Bertz CT molecular complexity index is 1120. The largest absolute Gasteiger partial charge is 0.494 e. The first kappa shape index (κ1) is 18.8. The molecule has 0 spiro atoms. The standard InChI is InChI=1S/C19H15FN4O4S/c1-26-14-5-4-11(9-12(14)20)13-10-29-19(21-13)22-16(25)6-7-17-23-18(24-28-17)15-3-2-8-27-15/h2-5,8-10H,6-7H2,1H3,(H,21,22,25). The molecule has 1 amide bonds. The van der Waals surface area contributed by atoms with Crippen LogP contribution in [0.3, 0.4) is 0 Å². The highest BCUT2D eigenvalue weighted by Crippen LogP contribution is 2.28. The van der Waals surface area contributed by atoms with Gasteiger partial charge in [0.25, 0.3) is 0 Å². The summed E-state index contributed by atoms with van der Waals surface area (Å²) < 4.78 is 29.1. The number of aryl methyl sites for hydroxylation is 1. The van der Waals surface area contributed by atoms with Crippen molar-refractivity contribution in [1.82, 2.24) is 15.1 Å². The van der Waals surface area contributed by atoms with Gasteiger partial charge in [0.1, 0.15) is 0 Å². The van der Waals surface area contributed by atoms with Crippen molar-refractivity contribution >= 4 is 22.4 Å². The average molecular weight is 414 g/mol. The highest BCUT2D eigenvalue weighted by atomic mass is 32.1. The quantitative estimate of drug-likeness (QED) is 0.484. The van der Waals surface area contributed by atoms with E-state index in [9.17, 15) is 9.18 Å². The predicted molar refractivity (Wildman–Crippen MR) is 103 cm³/mol. The third-order valence-corrected chi connectivity index (χ3v) is 4.73. The SMILES string of the molecule is COc1ccc(-c2csc(NC(=O)CCc3nc(-c4ccco4)no3)n2)cc1F. The molecule has 0 fully saturated rings. The molecule has 0 saturated heterocycles. The van der Waals surface area contributed by atoms with Gasteiger partial charge in [0.2, 0.25) is 17.6 Å². The molecular formula is C19H15FN4O4S. The number of ether oxygens (including phenoxy) is 1. The average Bonchev–Trinajstić information content (AvgIpc) is 3.47. The minimum absolute atomic E-state index is 0.145. The molecule has 29 heavy (non-hydrogen) atoms. The second kappa shape index (κ2) is 8.23. The number of benzene rings is 1. The van der Waals surface area contributed by atoms with Gasteiger partial charge < -0.3 is 19.0 Å².